The maximum Gasteiger partial charge on any atom is 0.259 e. The molecule has 2 aromatic carbocycles. The summed E-state index contributed by atoms with van der Waals surface area (Å²) in [5.41, 5.74) is 0.397. The van der Waals surface area contributed by atoms with E-state index in [9.17, 15) is 9.90 Å². The van der Waals surface area contributed by atoms with E-state index in [1.165, 1.54) is 24.3 Å². The number of amides is 1. The van der Waals surface area contributed by atoms with Crippen molar-refractivity contribution < 1.29 is 9.90 Å². The molecule has 0 saturated heterocycles. The molecular formula is C13H7Cl4NO2. The molecule has 0 aliphatic rings. The zero-order valence-corrected chi connectivity index (χ0v) is 12.8. The van der Waals surface area contributed by atoms with Crippen molar-refractivity contribution in [2.75, 3.05) is 5.32 Å². The number of phenolic OH excluding ortho intramolecular Hbond substituents is 1. The Morgan fingerprint density at radius 2 is 1.60 bits per heavy atom. The lowest BCUT2D eigenvalue weighted by molar-refractivity contribution is 0.102. The zero-order valence-electron chi connectivity index (χ0n) is 9.75. The number of hydrogen-bond acceptors (Lipinski definition) is 2. The average molecular weight is 351 g/mol. The fourth-order valence-corrected chi connectivity index (χ4v) is 2.30. The van der Waals surface area contributed by atoms with E-state index >= 15 is 0 Å². The van der Waals surface area contributed by atoms with E-state index < -0.39 is 5.91 Å². The second kappa shape index (κ2) is 6.10. The van der Waals surface area contributed by atoms with Crippen LogP contribution < -0.4 is 5.32 Å². The van der Waals surface area contributed by atoms with Gasteiger partial charge in [-0.3, -0.25) is 4.79 Å². The minimum absolute atomic E-state index is 0.0414. The van der Waals surface area contributed by atoms with Crippen LogP contribution in [-0.4, -0.2) is 11.0 Å². The van der Waals surface area contributed by atoms with Crippen LogP contribution in [0, 0.1) is 0 Å². The number of rotatable bonds is 2. The van der Waals surface area contributed by atoms with Crippen LogP contribution in [0.15, 0.2) is 30.3 Å². The third-order valence-electron chi connectivity index (χ3n) is 2.47. The number of benzene rings is 2. The zero-order chi connectivity index (χ0) is 14.9. The van der Waals surface area contributed by atoms with Gasteiger partial charge < -0.3 is 10.4 Å². The predicted octanol–water partition coefficient (Wildman–Crippen LogP) is 5.26. The number of anilines is 1. The van der Waals surface area contributed by atoms with Crippen LogP contribution in [0.2, 0.25) is 20.1 Å². The molecule has 2 rings (SSSR count). The van der Waals surface area contributed by atoms with Crippen LogP contribution in [0.4, 0.5) is 5.69 Å². The highest BCUT2D eigenvalue weighted by molar-refractivity contribution is 6.48. The summed E-state index contributed by atoms with van der Waals surface area (Å²) in [5, 5.41) is 13.0. The van der Waals surface area contributed by atoms with Crippen molar-refractivity contribution in [1.82, 2.24) is 0 Å². The van der Waals surface area contributed by atoms with Gasteiger partial charge in [-0.15, -0.1) is 0 Å². The minimum Gasteiger partial charge on any atom is -0.506 e. The standard InChI is InChI=1S/C13H7Cl4NO2/c14-8-3-1-2-7(12(8)19)13(20)18-6-4-9(15)11(17)10(16)5-6/h1-5,19H,(H,18,20). The van der Waals surface area contributed by atoms with Crippen LogP contribution in [0.5, 0.6) is 5.75 Å². The highest BCUT2D eigenvalue weighted by atomic mass is 35.5. The molecule has 7 heteroatoms. The fraction of sp³-hybridized carbons (Fsp3) is 0. The lowest BCUT2D eigenvalue weighted by Gasteiger charge is -2.09. The summed E-state index contributed by atoms with van der Waals surface area (Å²) in [6, 6.07) is 7.38. The number of carbonyl (C=O) groups excluding carboxylic acids is 1. The van der Waals surface area contributed by atoms with Gasteiger partial charge in [-0.05, 0) is 24.3 Å². The molecule has 0 unspecified atom stereocenters. The first-order valence-electron chi connectivity index (χ1n) is 5.33. The van der Waals surface area contributed by atoms with E-state index in [0.717, 1.165) is 0 Å². The monoisotopic (exact) mass is 349 g/mol. The Morgan fingerprint density at radius 1 is 1.00 bits per heavy atom. The van der Waals surface area contributed by atoms with E-state index in [4.69, 9.17) is 46.4 Å². The smallest absolute Gasteiger partial charge is 0.259 e. The molecule has 0 radical (unpaired) electrons. The van der Waals surface area contributed by atoms with Crippen LogP contribution in [0.25, 0.3) is 0 Å². The van der Waals surface area contributed by atoms with Crippen molar-refractivity contribution >= 4 is 58.0 Å². The summed E-state index contributed by atoms with van der Waals surface area (Å²) < 4.78 is 0. The first kappa shape index (κ1) is 15.3. The Kier molecular flexibility index (Phi) is 4.66. The van der Waals surface area contributed by atoms with Gasteiger partial charge in [0.15, 0.2) is 0 Å². The van der Waals surface area contributed by atoms with Crippen molar-refractivity contribution in [2.45, 2.75) is 0 Å². The van der Waals surface area contributed by atoms with Crippen molar-refractivity contribution in [3.63, 3.8) is 0 Å². The van der Waals surface area contributed by atoms with Crippen LogP contribution in [0.1, 0.15) is 10.4 Å². The molecule has 104 valence electrons. The highest BCUT2D eigenvalue weighted by Gasteiger charge is 2.15. The van der Waals surface area contributed by atoms with Gasteiger partial charge >= 0.3 is 0 Å². The third kappa shape index (κ3) is 3.13. The molecule has 1 amide bonds. The normalized spacial score (nSPS) is 10.4. The van der Waals surface area contributed by atoms with Crippen molar-refractivity contribution in [3.05, 3.63) is 56.0 Å². The number of hydrogen-bond donors (Lipinski definition) is 2. The number of phenols is 1. The number of aromatic hydroxyl groups is 1. The Labute approximate surface area is 135 Å². The molecule has 2 aromatic rings. The van der Waals surface area contributed by atoms with Gasteiger partial charge in [0.2, 0.25) is 0 Å². The van der Waals surface area contributed by atoms with Crippen LogP contribution in [-0.2, 0) is 0 Å². The minimum atomic E-state index is -0.542. The van der Waals surface area contributed by atoms with Crippen molar-refractivity contribution in [3.8, 4) is 5.75 Å². The van der Waals surface area contributed by atoms with Gasteiger partial charge in [0.05, 0.1) is 25.7 Å². The summed E-state index contributed by atoms with van der Waals surface area (Å²) in [6.45, 7) is 0. The van der Waals surface area contributed by atoms with E-state index in [1.54, 1.807) is 6.07 Å². The maximum atomic E-state index is 12.0. The van der Waals surface area contributed by atoms with Crippen LogP contribution in [0.3, 0.4) is 0 Å². The largest absolute Gasteiger partial charge is 0.506 e. The number of nitrogens with one attached hydrogen (secondary N) is 1. The van der Waals surface area contributed by atoms with Gasteiger partial charge in [-0.1, -0.05) is 52.5 Å². The molecule has 20 heavy (non-hydrogen) atoms. The van der Waals surface area contributed by atoms with Gasteiger partial charge in [0.25, 0.3) is 5.91 Å². The fourth-order valence-electron chi connectivity index (χ4n) is 1.52. The Hall–Kier alpha value is -1.13. The van der Waals surface area contributed by atoms with E-state index in [0.29, 0.717) is 5.69 Å². The molecule has 0 saturated carbocycles. The lowest BCUT2D eigenvalue weighted by atomic mass is 10.2. The van der Waals surface area contributed by atoms with Crippen molar-refractivity contribution in [1.29, 1.82) is 0 Å². The maximum absolute atomic E-state index is 12.0. The predicted molar refractivity (Wildman–Crippen MR) is 82.5 cm³/mol. The van der Waals surface area contributed by atoms with Gasteiger partial charge in [-0.2, -0.15) is 0 Å². The Bertz CT molecular complexity index is 665. The van der Waals surface area contributed by atoms with Gasteiger partial charge in [0, 0.05) is 5.69 Å². The van der Waals surface area contributed by atoms with Crippen LogP contribution >= 0.6 is 46.4 Å². The van der Waals surface area contributed by atoms with Gasteiger partial charge in [0.1, 0.15) is 5.75 Å². The Balaban J connectivity index is 2.30. The quantitative estimate of drug-likeness (QED) is 0.726. The second-order valence-corrected chi connectivity index (χ2v) is 5.44. The van der Waals surface area contributed by atoms with E-state index in [1.807, 2.05) is 0 Å². The number of halogens is 4. The molecule has 0 heterocycles. The average Bonchev–Trinajstić information content (AvgIpc) is 2.39. The number of carbonyl (C=O) groups is 1. The summed E-state index contributed by atoms with van der Waals surface area (Å²) in [6.07, 6.45) is 0. The number of para-hydroxylation sites is 1. The molecular weight excluding hydrogens is 344 g/mol. The lowest BCUT2D eigenvalue weighted by Crippen LogP contribution is -2.12. The SMILES string of the molecule is O=C(Nc1cc(Cl)c(Cl)c(Cl)c1)c1cccc(Cl)c1O. The molecule has 0 aliphatic carbocycles. The van der Waals surface area contributed by atoms with E-state index in [-0.39, 0.29) is 31.4 Å². The summed E-state index contributed by atoms with van der Waals surface area (Å²) in [4.78, 5) is 12.0. The molecule has 3 nitrogen and oxygen atoms in total. The molecule has 0 bridgehead atoms. The molecule has 0 aromatic heterocycles. The first-order valence-corrected chi connectivity index (χ1v) is 6.84. The second-order valence-electron chi connectivity index (χ2n) is 3.84. The van der Waals surface area contributed by atoms with Gasteiger partial charge in [-0.25, -0.2) is 0 Å². The molecule has 0 atom stereocenters. The summed E-state index contributed by atoms with van der Waals surface area (Å²) in [5.74, 6) is -0.836. The topological polar surface area (TPSA) is 49.3 Å². The van der Waals surface area contributed by atoms with E-state index in [2.05, 4.69) is 5.32 Å². The summed E-state index contributed by atoms with van der Waals surface area (Å²) >= 11 is 23.3. The molecule has 0 aliphatic heterocycles. The summed E-state index contributed by atoms with van der Waals surface area (Å²) in [7, 11) is 0. The highest BCUT2D eigenvalue weighted by Crippen LogP contribution is 2.34. The van der Waals surface area contributed by atoms with Crippen molar-refractivity contribution in [2.24, 2.45) is 0 Å². The molecule has 0 spiro atoms. The third-order valence-corrected chi connectivity index (χ3v) is 3.97. The molecule has 0 fully saturated rings. The first-order chi connectivity index (χ1) is 9.40. The Morgan fingerprint density at radius 3 is 2.20 bits per heavy atom. The molecule has 2 N–H and O–H groups in total.